The molecule has 76 valence electrons. The zero-order valence-electron chi connectivity index (χ0n) is 7.35. The smallest absolute Gasteiger partial charge is 0.276 e. The van der Waals surface area contributed by atoms with E-state index in [0.29, 0.717) is 5.13 Å². The molecule has 2 aromatic rings. The van der Waals surface area contributed by atoms with Gasteiger partial charge in [-0.25, -0.2) is 15.0 Å². The Kier molecular flexibility index (Phi) is 2.89. The first-order chi connectivity index (χ1) is 7.25. The van der Waals surface area contributed by atoms with Gasteiger partial charge in [-0.3, -0.25) is 10.1 Å². The Morgan fingerprint density at radius 1 is 1.40 bits per heavy atom. The van der Waals surface area contributed by atoms with Crippen molar-refractivity contribution >= 4 is 34.0 Å². The Bertz CT molecular complexity index is 473. The van der Waals surface area contributed by atoms with Crippen LogP contribution in [0.5, 0.6) is 0 Å². The summed E-state index contributed by atoms with van der Waals surface area (Å²) in [5.41, 5.74) is 0.213. The number of nitrogens with one attached hydrogen (secondary N) is 1. The van der Waals surface area contributed by atoms with Gasteiger partial charge in [0.05, 0.1) is 0 Å². The number of anilines is 1. The molecule has 0 unspecified atom stereocenters. The topological polar surface area (TPSA) is 67.8 Å². The van der Waals surface area contributed by atoms with Gasteiger partial charge in [-0.2, -0.15) is 0 Å². The normalized spacial score (nSPS) is 9.93. The Labute approximate surface area is 94.2 Å². The third-order valence-corrected chi connectivity index (χ3v) is 2.38. The van der Waals surface area contributed by atoms with Crippen molar-refractivity contribution in [3.63, 3.8) is 0 Å². The third kappa shape index (κ3) is 2.48. The molecular weight excluding hydrogens is 236 g/mol. The number of hydrogen-bond acceptors (Lipinski definition) is 5. The van der Waals surface area contributed by atoms with E-state index in [-0.39, 0.29) is 16.9 Å². The number of carbonyl (C=O) groups excluding carboxylic acids is 1. The zero-order valence-corrected chi connectivity index (χ0v) is 8.92. The van der Waals surface area contributed by atoms with Gasteiger partial charge in [-0.05, 0) is 17.7 Å². The SMILES string of the molecule is O=C(Nc1nccs1)c1ccnc(Cl)n1. The Morgan fingerprint density at radius 3 is 2.93 bits per heavy atom. The molecule has 0 aliphatic carbocycles. The summed E-state index contributed by atoms with van der Waals surface area (Å²) in [5, 5.41) is 4.92. The number of halogens is 1. The first-order valence-corrected chi connectivity index (χ1v) is 5.21. The van der Waals surface area contributed by atoms with Crippen LogP contribution in [0.3, 0.4) is 0 Å². The molecule has 5 nitrogen and oxygen atoms in total. The van der Waals surface area contributed by atoms with E-state index >= 15 is 0 Å². The minimum atomic E-state index is -0.353. The summed E-state index contributed by atoms with van der Waals surface area (Å²) >= 11 is 6.89. The van der Waals surface area contributed by atoms with E-state index in [1.54, 1.807) is 11.6 Å². The molecular formula is C8H5ClN4OS. The Morgan fingerprint density at radius 2 is 2.27 bits per heavy atom. The number of hydrogen-bond donors (Lipinski definition) is 1. The molecule has 0 saturated heterocycles. The van der Waals surface area contributed by atoms with Crippen LogP contribution in [-0.4, -0.2) is 20.9 Å². The summed E-state index contributed by atoms with van der Waals surface area (Å²) in [6.45, 7) is 0. The predicted molar refractivity (Wildman–Crippen MR) is 57.1 cm³/mol. The Balaban J connectivity index is 2.15. The molecule has 0 spiro atoms. The maximum atomic E-state index is 11.6. The van der Waals surface area contributed by atoms with Crippen LogP contribution in [0.15, 0.2) is 23.8 Å². The molecule has 2 heterocycles. The summed E-state index contributed by atoms with van der Waals surface area (Å²) in [4.78, 5) is 22.9. The first kappa shape index (κ1) is 10.0. The molecule has 1 amide bonds. The number of nitrogens with zero attached hydrogens (tertiary/aromatic N) is 3. The lowest BCUT2D eigenvalue weighted by molar-refractivity contribution is 0.102. The highest BCUT2D eigenvalue weighted by atomic mass is 35.5. The molecule has 0 bridgehead atoms. The highest BCUT2D eigenvalue weighted by Gasteiger charge is 2.09. The molecule has 0 aliphatic heterocycles. The van der Waals surface area contributed by atoms with Crippen molar-refractivity contribution < 1.29 is 4.79 Å². The fraction of sp³-hybridized carbons (Fsp3) is 0. The molecule has 0 fully saturated rings. The fourth-order valence-electron chi connectivity index (χ4n) is 0.908. The second-order valence-electron chi connectivity index (χ2n) is 2.50. The van der Waals surface area contributed by atoms with E-state index in [1.165, 1.54) is 23.6 Å². The largest absolute Gasteiger partial charge is 0.296 e. The van der Waals surface area contributed by atoms with E-state index in [1.807, 2.05) is 0 Å². The number of carbonyl (C=O) groups is 1. The van der Waals surface area contributed by atoms with Crippen molar-refractivity contribution in [3.8, 4) is 0 Å². The lowest BCUT2D eigenvalue weighted by Gasteiger charge is -1.99. The Hall–Kier alpha value is -1.53. The predicted octanol–water partition coefficient (Wildman–Crippen LogP) is 1.84. The summed E-state index contributed by atoms with van der Waals surface area (Å²) in [7, 11) is 0. The van der Waals surface area contributed by atoms with Crippen molar-refractivity contribution in [1.29, 1.82) is 0 Å². The zero-order chi connectivity index (χ0) is 10.7. The quantitative estimate of drug-likeness (QED) is 0.814. The molecule has 15 heavy (non-hydrogen) atoms. The third-order valence-electron chi connectivity index (χ3n) is 1.51. The summed E-state index contributed by atoms with van der Waals surface area (Å²) in [6, 6.07) is 1.48. The number of aromatic nitrogens is 3. The minimum Gasteiger partial charge on any atom is -0.296 e. The number of thiazole rings is 1. The minimum absolute atomic E-state index is 0.0433. The van der Waals surface area contributed by atoms with Gasteiger partial charge in [0.2, 0.25) is 5.28 Å². The van der Waals surface area contributed by atoms with Crippen LogP contribution in [0.1, 0.15) is 10.5 Å². The molecule has 2 rings (SSSR count). The van der Waals surface area contributed by atoms with Crippen LogP contribution < -0.4 is 5.32 Å². The van der Waals surface area contributed by atoms with Gasteiger partial charge in [-0.15, -0.1) is 11.3 Å². The van der Waals surface area contributed by atoms with Gasteiger partial charge in [0.1, 0.15) is 5.69 Å². The molecule has 7 heteroatoms. The maximum absolute atomic E-state index is 11.6. The van der Waals surface area contributed by atoms with Gasteiger partial charge in [0.15, 0.2) is 5.13 Å². The van der Waals surface area contributed by atoms with Crippen molar-refractivity contribution in [1.82, 2.24) is 15.0 Å². The van der Waals surface area contributed by atoms with Gasteiger partial charge in [-0.1, -0.05) is 0 Å². The van der Waals surface area contributed by atoms with Gasteiger partial charge in [0, 0.05) is 17.8 Å². The van der Waals surface area contributed by atoms with E-state index in [9.17, 15) is 4.79 Å². The standard InChI is InChI=1S/C8H5ClN4OS/c9-7-10-2-1-5(12-7)6(14)13-8-11-3-4-15-8/h1-4H,(H,11,13,14). The second-order valence-corrected chi connectivity index (χ2v) is 3.73. The lowest BCUT2D eigenvalue weighted by atomic mass is 10.4. The van der Waals surface area contributed by atoms with Crippen LogP contribution >= 0.6 is 22.9 Å². The van der Waals surface area contributed by atoms with Gasteiger partial charge >= 0.3 is 0 Å². The van der Waals surface area contributed by atoms with E-state index in [2.05, 4.69) is 20.3 Å². The van der Waals surface area contributed by atoms with Crippen molar-refractivity contribution in [2.45, 2.75) is 0 Å². The van der Waals surface area contributed by atoms with Crippen LogP contribution in [0, 0.1) is 0 Å². The van der Waals surface area contributed by atoms with E-state index in [4.69, 9.17) is 11.6 Å². The van der Waals surface area contributed by atoms with E-state index < -0.39 is 0 Å². The van der Waals surface area contributed by atoms with Crippen molar-refractivity contribution in [3.05, 3.63) is 34.8 Å². The van der Waals surface area contributed by atoms with Crippen molar-refractivity contribution in [2.75, 3.05) is 5.32 Å². The summed E-state index contributed by atoms with van der Waals surface area (Å²) < 4.78 is 0. The summed E-state index contributed by atoms with van der Waals surface area (Å²) in [5.74, 6) is -0.353. The van der Waals surface area contributed by atoms with Gasteiger partial charge < -0.3 is 0 Å². The highest BCUT2D eigenvalue weighted by Crippen LogP contribution is 2.11. The average molecular weight is 241 g/mol. The number of amides is 1. The lowest BCUT2D eigenvalue weighted by Crippen LogP contribution is -2.13. The summed E-state index contributed by atoms with van der Waals surface area (Å²) in [6.07, 6.45) is 3.03. The average Bonchev–Trinajstić information content (AvgIpc) is 2.70. The molecule has 2 aromatic heterocycles. The van der Waals surface area contributed by atoms with Crippen LogP contribution in [0.25, 0.3) is 0 Å². The van der Waals surface area contributed by atoms with Crippen LogP contribution in [0.4, 0.5) is 5.13 Å². The molecule has 1 N–H and O–H groups in total. The maximum Gasteiger partial charge on any atom is 0.276 e. The molecule has 0 aliphatic rings. The highest BCUT2D eigenvalue weighted by molar-refractivity contribution is 7.13. The molecule has 0 saturated carbocycles. The first-order valence-electron chi connectivity index (χ1n) is 3.95. The number of rotatable bonds is 2. The van der Waals surface area contributed by atoms with E-state index in [0.717, 1.165) is 0 Å². The van der Waals surface area contributed by atoms with Crippen molar-refractivity contribution in [2.24, 2.45) is 0 Å². The monoisotopic (exact) mass is 240 g/mol. The molecule has 0 aromatic carbocycles. The second kappa shape index (κ2) is 4.33. The molecule has 0 radical (unpaired) electrons. The fourth-order valence-corrected chi connectivity index (χ4v) is 1.58. The van der Waals surface area contributed by atoms with Crippen LogP contribution in [0.2, 0.25) is 5.28 Å². The van der Waals surface area contributed by atoms with Gasteiger partial charge in [0.25, 0.3) is 5.91 Å². The van der Waals surface area contributed by atoms with Crippen LogP contribution in [-0.2, 0) is 0 Å². The molecule has 0 atom stereocenters.